The topological polar surface area (TPSA) is 133 Å². The van der Waals surface area contributed by atoms with Gasteiger partial charge in [0.05, 0.1) is 0 Å². The molecule has 1 aromatic rings. The first-order valence-corrected chi connectivity index (χ1v) is 40.1. The normalized spacial score (nSPS) is 11.5. The van der Waals surface area contributed by atoms with Crippen LogP contribution in [0.3, 0.4) is 0 Å². The molecule has 0 aromatic carbocycles. The van der Waals surface area contributed by atoms with Crippen molar-refractivity contribution in [2.45, 2.75) is 261 Å². The number of aromatic nitrogens is 1. The molecule has 1 heterocycles. The third-order valence-electron chi connectivity index (χ3n) is 12.1. The maximum Gasteiger partial charge on any atom is 0.303 e. The number of carbonyl (C=O) groups is 2. The van der Waals surface area contributed by atoms with Gasteiger partial charge in [-0.05, 0) is 19.3 Å². The van der Waals surface area contributed by atoms with Crippen molar-refractivity contribution in [3.8, 4) is 10.4 Å². The van der Waals surface area contributed by atoms with Crippen molar-refractivity contribution in [3.05, 3.63) is 11.8 Å². The average Bonchev–Trinajstić information content (AvgIpc) is 3.73. The van der Waals surface area contributed by atoms with E-state index in [1.165, 1.54) is 158 Å². The fourth-order valence-electron chi connectivity index (χ4n) is 8.03. The van der Waals surface area contributed by atoms with Crippen LogP contribution in [0.25, 0.3) is 0 Å². The predicted octanol–water partition coefficient (Wildman–Crippen LogP) is 15.5. The van der Waals surface area contributed by atoms with E-state index < -0.39 is 48.7 Å². The first-order valence-electron chi connectivity index (χ1n) is 25.1. The summed E-state index contributed by atoms with van der Waals surface area (Å²) < 4.78 is 19.4. The maximum absolute atomic E-state index is 10.5. The number of hydrogen-bond donors (Lipinski definition) is 3. The number of terminal acetylenes is 1. The summed E-state index contributed by atoms with van der Waals surface area (Å²) in [7, 11) is 0. The molecular formula is C50H96N2O6Sn2. The van der Waals surface area contributed by atoms with Gasteiger partial charge >= 0.3 is 287 Å². The number of carboxylic acids is 2. The van der Waals surface area contributed by atoms with Crippen LogP contribution < -0.4 is 3.78 Å². The first kappa shape index (κ1) is 60.9. The zero-order valence-electron chi connectivity index (χ0n) is 40.1. The van der Waals surface area contributed by atoms with Crippen molar-refractivity contribution in [1.82, 2.24) is 5.16 Å². The molecule has 3 N–H and O–H groups in total. The Morgan fingerprint density at radius 1 is 0.600 bits per heavy atom. The molecule has 0 atom stereocenters. The van der Waals surface area contributed by atoms with Crippen molar-refractivity contribution < 1.29 is 29.5 Å². The number of rotatable bonds is 39. The molecule has 0 unspecified atom stereocenters. The van der Waals surface area contributed by atoms with Gasteiger partial charge in [-0.25, -0.2) is 0 Å². The van der Waals surface area contributed by atoms with E-state index in [2.05, 4.69) is 61.9 Å². The molecule has 0 amide bonds. The van der Waals surface area contributed by atoms with Gasteiger partial charge in [0.15, 0.2) is 0 Å². The van der Waals surface area contributed by atoms with Crippen LogP contribution in [0.15, 0.2) is 15.7 Å². The number of nitrogens with zero attached hydrogens (tertiary/aromatic N) is 2. The molecule has 0 fully saturated rings. The van der Waals surface area contributed by atoms with Gasteiger partial charge in [-0.2, -0.15) is 0 Å². The molecular weight excluding hydrogens is 962 g/mol. The van der Waals surface area contributed by atoms with E-state index in [1.807, 2.05) is 0 Å². The Labute approximate surface area is 378 Å². The van der Waals surface area contributed by atoms with Crippen LogP contribution in [0.5, 0.6) is 0 Å². The fraction of sp³-hybridized carbons (Fsp3) is 0.840. The van der Waals surface area contributed by atoms with Gasteiger partial charge in [0.25, 0.3) is 0 Å². The van der Waals surface area contributed by atoms with Crippen molar-refractivity contribution in [2.75, 3.05) is 0 Å². The van der Waals surface area contributed by atoms with Crippen molar-refractivity contribution >= 4 is 58.7 Å². The second-order valence-electron chi connectivity index (χ2n) is 17.6. The third-order valence-corrected chi connectivity index (χ3v) is 39.9. The van der Waals surface area contributed by atoms with Crippen molar-refractivity contribution in [2.24, 2.45) is 5.16 Å². The Morgan fingerprint density at radius 3 is 1.33 bits per heavy atom. The van der Waals surface area contributed by atoms with E-state index in [0.29, 0.717) is 12.8 Å². The van der Waals surface area contributed by atoms with E-state index >= 15 is 0 Å². The van der Waals surface area contributed by atoms with E-state index in [4.69, 9.17) is 26.4 Å². The smallest absolute Gasteiger partial charge is 0.303 e. The van der Waals surface area contributed by atoms with Gasteiger partial charge in [-0.3, -0.25) is 9.59 Å². The van der Waals surface area contributed by atoms with Crippen LogP contribution in [0.2, 0.25) is 26.6 Å². The molecule has 8 nitrogen and oxygen atoms in total. The molecule has 0 spiro atoms. The molecule has 10 heteroatoms. The number of oxime groups is 1. The fourth-order valence-corrected chi connectivity index (χ4v) is 35.3. The van der Waals surface area contributed by atoms with Crippen LogP contribution in [0.4, 0.5) is 0 Å². The van der Waals surface area contributed by atoms with Crippen LogP contribution in [-0.2, 0) is 16.0 Å². The first-order chi connectivity index (χ1) is 29.1. The molecule has 0 radical (unpaired) electrons. The van der Waals surface area contributed by atoms with E-state index in [1.54, 1.807) is 0 Å². The molecule has 0 bridgehead atoms. The third kappa shape index (κ3) is 35.3. The summed E-state index contributed by atoms with van der Waals surface area (Å²) in [6.45, 7) is 13.8. The molecule has 0 aliphatic carbocycles. The Kier molecular flexibility index (Phi) is 45.0. The average molecular weight is 1060 g/mol. The minimum absolute atomic E-state index is 0.299. The Morgan fingerprint density at radius 2 is 0.967 bits per heavy atom. The number of hydrogen-bond acceptors (Lipinski definition) is 6. The number of aryl methyl sites for hydroxylation is 1. The number of carboxylic acid groups (broad SMARTS) is 2. The summed E-state index contributed by atoms with van der Waals surface area (Å²) in [5, 5.41) is 32.6. The number of unbranched alkanes of at least 4 members (excludes halogenated alkanes) is 19. The molecule has 1 rings (SSSR count). The molecule has 60 heavy (non-hydrogen) atoms. The minimum atomic E-state index is -2.46. The van der Waals surface area contributed by atoms with Crippen LogP contribution >= 0.6 is 0 Å². The van der Waals surface area contributed by atoms with Crippen LogP contribution in [0, 0.1) is 10.4 Å². The van der Waals surface area contributed by atoms with Gasteiger partial charge in [0.2, 0.25) is 0 Å². The Bertz CT molecular complexity index is 1140. The van der Waals surface area contributed by atoms with Crippen LogP contribution in [-0.4, -0.2) is 75.5 Å². The van der Waals surface area contributed by atoms with Gasteiger partial charge in [0, 0.05) is 12.6 Å². The summed E-state index contributed by atoms with van der Waals surface area (Å²) in [6.07, 6.45) is 41.3. The van der Waals surface area contributed by atoms with E-state index in [0.717, 1.165) is 64.2 Å². The van der Waals surface area contributed by atoms with Crippen molar-refractivity contribution in [3.63, 3.8) is 0 Å². The number of aliphatic carboxylic acids is 2. The Balaban J connectivity index is 0. The second-order valence-corrected chi connectivity index (χ2v) is 43.0. The predicted molar refractivity (Wildman–Crippen MR) is 263 cm³/mol. The summed E-state index contributed by atoms with van der Waals surface area (Å²) in [5.41, 5.74) is 1.18. The molecule has 1 aromatic heterocycles. The van der Waals surface area contributed by atoms with E-state index in [9.17, 15) is 9.59 Å². The van der Waals surface area contributed by atoms with E-state index in [-0.39, 0.29) is 0 Å². The van der Waals surface area contributed by atoms with Gasteiger partial charge in [-0.15, -0.1) is 5.16 Å². The van der Waals surface area contributed by atoms with Gasteiger partial charge in [-0.1, -0.05) is 32.1 Å². The SMILES string of the molecule is C#[C][Sn]([CH2]CCC)([CH2]CCC)[CH2]CCC.CCC[CH2][Sn]([CH2]CCC)([CH2]CCC)[c]1cc(CCCCCCCCCC(=O)O)no1.O=C(O)CCCCCCCCC/C=N/O. The monoisotopic (exact) mass is 1060 g/mol. The summed E-state index contributed by atoms with van der Waals surface area (Å²) in [6, 6.07) is 2.36. The van der Waals surface area contributed by atoms with Gasteiger partial charge < -0.3 is 15.4 Å². The van der Waals surface area contributed by atoms with Crippen molar-refractivity contribution in [1.29, 1.82) is 0 Å². The molecule has 350 valence electrons. The van der Waals surface area contributed by atoms with Gasteiger partial charge in [0.1, 0.15) is 0 Å². The summed E-state index contributed by atoms with van der Waals surface area (Å²) in [5.74, 6) is -1.37. The molecule has 0 aliphatic heterocycles. The maximum atomic E-state index is 10.5. The summed E-state index contributed by atoms with van der Waals surface area (Å²) in [4.78, 5) is 20.7. The quantitative estimate of drug-likeness (QED) is 0.0149. The van der Waals surface area contributed by atoms with Crippen LogP contribution in [0.1, 0.15) is 233 Å². The zero-order chi connectivity index (χ0) is 45.0. The zero-order valence-corrected chi connectivity index (χ0v) is 45.9. The molecule has 0 saturated heterocycles. The summed E-state index contributed by atoms with van der Waals surface area (Å²) >= 11 is -4.55. The molecule has 0 saturated carbocycles. The largest absolute Gasteiger partial charge is 0.481 e. The minimum Gasteiger partial charge on any atom is -0.481 e. The molecule has 0 aliphatic rings. The Hall–Kier alpha value is -1.22. The standard InChI is InChI=1S/C13H20NO3.C11H21NO3.6C4H9.C2H.2Sn/c15-13(16)9-7-5-3-1-2-4-6-8-12-10-11-17-14-12;13-11(14)9-7-5-3-1-2-4-6-8-10-12-15;6*1-3-4-2;1-2;;/h10H,1-9H2,(H,15,16);10,15H,1-9H2,(H,13,14);6*1,3-4H2,2H3;1H;;/b;12-10+;;;;;;;;;. The second kappa shape index (κ2) is 44.4.